The van der Waals surface area contributed by atoms with E-state index in [4.69, 9.17) is 5.73 Å². The Hall–Kier alpha value is -1.84. The van der Waals surface area contributed by atoms with Crippen molar-refractivity contribution >= 4 is 5.82 Å². The number of nitrogens with two attached hydrogens (primary N) is 1. The molecule has 4 nitrogen and oxygen atoms in total. The Bertz CT molecular complexity index is 445. The van der Waals surface area contributed by atoms with Gasteiger partial charge in [-0.15, -0.1) is 0 Å². The van der Waals surface area contributed by atoms with E-state index in [0.29, 0.717) is 5.82 Å². The van der Waals surface area contributed by atoms with Gasteiger partial charge in [-0.05, 0) is 19.1 Å². The molecule has 0 saturated heterocycles. The maximum Gasteiger partial charge on any atom is 0.131 e. The lowest BCUT2D eigenvalue weighted by Gasteiger charge is -1.98. The summed E-state index contributed by atoms with van der Waals surface area (Å²) in [5.41, 5.74) is 7.66. The van der Waals surface area contributed by atoms with Gasteiger partial charge in [0, 0.05) is 25.0 Å². The minimum absolute atomic E-state index is 0.676. The summed E-state index contributed by atoms with van der Waals surface area (Å²) in [5.74, 6) is 1.58. The molecule has 0 saturated carbocycles. The summed E-state index contributed by atoms with van der Waals surface area (Å²) in [4.78, 5) is 8.41. The van der Waals surface area contributed by atoms with Crippen molar-refractivity contribution in [3.8, 4) is 11.3 Å². The number of imidazole rings is 1. The molecular formula is C10H12N4. The molecule has 0 aliphatic heterocycles. The van der Waals surface area contributed by atoms with Crippen LogP contribution in [0.4, 0.5) is 5.82 Å². The number of aromatic nitrogens is 3. The Morgan fingerprint density at radius 2 is 2.21 bits per heavy atom. The van der Waals surface area contributed by atoms with Crippen molar-refractivity contribution in [3.05, 3.63) is 30.4 Å². The summed E-state index contributed by atoms with van der Waals surface area (Å²) in [7, 11) is 1.90. The first kappa shape index (κ1) is 8.74. The molecule has 0 aliphatic rings. The number of pyridine rings is 1. The molecule has 0 atom stereocenters. The van der Waals surface area contributed by atoms with Gasteiger partial charge in [-0.1, -0.05) is 0 Å². The lowest BCUT2D eigenvalue weighted by atomic mass is 10.2. The second-order valence-corrected chi connectivity index (χ2v) is 3.19. The molecule has 2 rings (SSSR count). The third-order valence-corrected chi connectivity index (χ3v) is 2.30. The third kappa shape index (κ3) is 1.25. The molecule has 2 heterocycles. The summed E-state index contributed by atoms with van der Waals surface area (Å²) < 4.78 is 1.86. The first-order valence-electron chi connectivity index (χ1n) is 4.39. The number of nitrogen functional groups attached to an aromatic ring is 1. The molecule has 0 aromatic carbocycles. The van der Waals surface area contributed by atoms with Crippen molar-refractivity contribution in [2.24, 2.45) is 7.05 Å². The zero-order valence-corrected chi connectivity index (χ0v) is 8.23. The molecule has 4 heteroatoms. The third-order valence-electron chi connectivity index (χ3n) is 2.30. The number of hydrogen-bond donors (Lipinski definition) is 1. The maximum absolute atomic E-state index is 5.91. The van der Waals surface area contributed by atoms with E-state index in [2.05, 4.69) is 9.97 Å². The molecule has 0 unspecified atom stereocenters. The van der Waals surface area contributed by atoms with Crippen LogP contribution in [0, 0.1) is 6.92 Å². The van der Waals surface area contributed by atoms with Gasteiger partial charge in [0.2, 0.25) is 0 Å². The van der Waals surface area contributed by atoms with E-state index in [9.17, 15) is 0 Å². The molecule has 2 aromatic heterocycles. The van der Waals surface area contributed by atoms with Crippen LogP contribution in [0.2, 0.25) is 0 Å². The summed E-state index contributed by atoms with van der Waals surface area (Å²) in [5, 5.41) is 0. The quantitative estimate of drug-likeness (QED) is 0.735. The average Bonchev–Trinajstić information content (AvgIpc) is 2.47. The standard InChI is InChI=1S/C10H12N4/c1-7-13-9(10(11)14(7)2)8-4-3-5-12-6-8/h3-6H,11H2,1-2H3. The van der Waals surface area contributed by atoms with Crippen molar-refractivity contribution in [3.63, 3.8) is 0 Å². The Balaban J connectivity index is 2.58. The molecule has 14 heavy (non-hydrogen) atoms. The van der Waals surface area contributed by atoms with Gasteiger partial charge in [0.1, 0.15) is 17.3 Å². The van der Waals surface area contributed by atoms with Crippen LogP contribution in [0.1, 0.15) is 5.82 Å². The van der Waals surface area contributed by atoms with Crippen LogP contribution in [0.5, 0.6) is 0 Å². The number of rotatable bonds is 1. The average molecular weight is 188 g/mol. The predicted octanol–water partition coefficient (Wildman–Crippen LogP) is 1.37. The molecule has 0 amide bonds. The summed E-state index contributed by atoms with van der Waals surface area (Å²) in [6.45, 7) is 1.93. The molecule has 0 fully saturated rings. The second-order valence-electron chi connectivity index (χ2n) is 3.19. The fourth-order valence-electron chi connectivity index (χ4n) is 1.34. The first-order chi connectivity index (χ1) is 6.70. The highest BCUT2D eigenvalue weighted by Gasteiger charge is 2.10. The number of anilines is 1. The highest BCUT2D eigenvalue weighted by molar-refractivity contribution is 5.70. The topological polar surface area (TPSA) is 56.7 Å². The minimum Gasteiger partial charge on any atom is -0.383 e. The predicted molar refractivity (Wildman–Crippen MR) is 55.6 cm³/mol. The van der Waals surface area contributed by atoms with Gasteiger partial charge >= 0.3 is 0 Å². The molecule has 72 valence electrons. The van der Waals surface area contributed by atoms with Crippen molar-refractivity contribution in [1.29, 1.82) is 0 Å². The largest absolute Gasteiger partial charge is 0.383 e. The summed E-state index contributed by atoms with van der Waals surface area (Å²) >= 11 is 0. The number of aryl methyl sites for hydroxylation is 1. The summed E-state index contributed by atoms with van der Waals surface area (Å²) in [6.07, 6.45) is 3.49. The van der Waals surface area contributed by atoms with Gasteiger partial charge in [0.15, 0.2) is 0 Å². The van der Waals surface area contributed by atoms with Gasteiger partial charge in [-0.3, -0.25) is 4.98 Å². The van der Waals surface area contributed by atoms with Crippen molar-refractivity contribution in [2.45, 2.75) is 6.92 Å². The van der Waals surface area contributed by atoms with Crippen molar-refractivity contribution < 1.29 is 0 Å². The molecule has 2 aromatic rings. The monoisotopic (exact) mass is 188 g/mol. The van der Waals surface area contributed by atoms with Crippen LogP contribution in [-0.2, 0) is 7.05 Å². The first-order valence-corrected chi connectivity index (χ1v) is 4.39. The van der Waals surface area contributed by atoms with Gasteiger partial charge in [0.25, 0.3) is 0 Å². The zero-order chi connectivity index (χ0) is 10.1. The fourth-order valence-corrected chi connectivity index (χ4v) is 1.34. The smallest absolute Gasteiger partial charge is 0.131 e. The zero-order valence-electron chi connectivity index (χ0n) is 8.23. The lowest BCUT2D eigenvalue weighted by molar-refractivity contribution is 0.868. The van der Waals surface area contributed by atoms with Crippen LogP contribution in [0.3, 0.4) is 0 Å². The molecular weight excluding hydrogens is 176 g/mol. The van der Waals surface area contributed by atoms with E-state index in [-0.39, 0.29) is 0 Å². The molecule has 2 N–H and O–H groups in total. The van der Waals surface area contributed by atoms with Crippen LogP contribution in [0.15, 0.2) is 24.5 Å². The van der Waals surface area contributed by atoms with Gasteiger partial charge in [-0.2, -0.15) is 0 Å². The van der Waals surface area contributed by atoms with Crippen LogP contribution >= 0.6 is 0 Å². The van der Waals surface area contributed by atoms with E-state index in [1.165, 1.54) is 0 Å². The number of hydrogen-bond acceptors (Lipinski definition) is 3. The van der Waals surface area contributed by atoms with E-state index >= 15 is 0 Å². The summed E-state index contributed by atoms with van der Waals surface area (Å²) in [6, 6.07) is 3.82. The van der Waals surface area contributed by atoms with Crippen LogP contribution < -0.4 is 5.73 Å². The number of nitrogens with zero attached hydrogens (tertiary/aromatic N) is 3. The fraction of sp³-hybridized carbons (Fsp3) is 0.200. The van der Waals surface area contributed by atoms with E-state index < -0.39 is 0 Å². The Morgan fingerprint density at radius 3 is 2.71 bits per heavy atom. The van der Waals surface area contributed by atoms with E-state index in [1.54, 1.807) is 12.4 Å². The highest BCUT2D eigenvalue weighted by Crippen LogP contribution is 2.23. The van der Waals surface area contributed by atoms with Crippen molar-refractivity contribution in [1.82, 2.24) is 14.5 Å². The van der Waals surface area contributed by atoms with Gasteiger partial charge < -0.3 is 10.3 Å². The van der Waals surface area contributed by atoms with Crippen molar-refractivity contribution in [2.75, 3.05) is 5.73 Å². The Labute approximate surface area is 82.4 Å². The van der Waals surface area contributed by atoms with Crippen LogP contribution in [0.25, 0.3) is 11.3 Å². The SMILES string of the molecule is Cc1nc(-c2cccnc2)c(N)n1C. The minimum atomic E-state index is 0.676. The molecule has 0 bridgehead atoms. The maximum atomic E-state index is 5.91. The molecule has 0 spiro atoms. The second kappa shape index (κ2) is 3.14. The van der Waals surface area contributed by atoms with E-state index in [1.807, 2.05) is 30.7 Å². The lowest BCUT2D eigenvalue weighted by Crippen LogP contribution is -1.98. The normalized spacial score (nSPS) is 10.4. The van der Waals surface area contributed by atoms with Gasteiger partial charge in [-0.25, -0.2) is 4.98 Å². The highest BCUT2D eigenvalue weighted by atomic mass is 15.1. The van der Waals surface area contributed by atoms with E-state index in [0.717, 1.165) is 17.1 Å². The molecule has 0 aliphatic carbocycles. The van der Waals surface area contributed by atoms with Gasteiger partial charge in [0.05, 0.1) is 0 Å². The Kier molecular flexibility index (Phi) is 1.96. The van der Waals surface area contributed by atoms with Crippen LogP contribution in [-0.4, -0.2) is 14.5 Å². The Morgan fingerprint density at radius 1 is 1.43 bits per heavy atom. The molecule has 0 radical (unpaired) electrons.